The van der Waals surface area contributed by atoms with Crippen LogP contribution in [0.3, 0.4) is 0 Å². The maximum Gasteiger partial charge on any atom is 0.237 e. The lowest BCUT2D eigenvalue weighted by molar-refractivity contribution is -0.123. The van der Waals surface area contributed by atoms with Gasteiger partial charge in [-0.2, -0.15) is 0 Å². The molecule has 0 saturated heterocycles. The summed E-state index contributed by atoms with van der Waals surface area (Å²) in [6.07, 6.45) is 6.13. The van der Waals surface area contributed by atoms with Crippen LogP contribution in [0.1, 0.15) is 44.1 Å². The van der Waals surface area contributed by atoms with Crippen molar-refractivity contribution in [2.45, 2.75) is 50.0 Å². The van der Waals surface area contributed by atoms with Gasteiger partial charge in [0.25, 0.3) is 0 Å². The Hall–Kier alpha value is -0.900. The molecule has 1 aromatic carbocycles. The van der Waals surface area contributed by atoms with Gasteiger partial charge in [-0.25, -0.2) is 4.39 Å². The van der Waals surface area contributed by atoms with E-state index in [1.54, 1.807) is 6.07 Å². The van der Waals surface area contributed by atoms with Crippen LogP contribution in [0.2, 0.25) is 0 Å². The molecule has 1 amide bonds. The molecule has 1 aliphatic heterocycles. The van der Waals surface area contributed by atoms with E-state index in [1.807, 2.05) is 11.0 Å². The zero-order chi connectivity index (χ0) is 13.2. The third-order valence-corrected chi connectivity index (χ3v) is 5.42. The fourth-order valence-corrected chi connectivity index (χ4v) is 4.07. The van der Waals surface area contributed by atoms with Gasteiger partial charge in [-0.3, -0.25) is 4.79 Å². The SMILES string of the molecule is O=C1N(C2CC2)c2cc(F)c(Br)cc2C12CCCC2. The highest BCUT2D eigenvalue weighted by atomic mass is 79.9. The Bertz CT molecular complexity index is 576. The average molecular weight is 324 g/mol. The third-order valence-electron chi connectivity index (χ3n) is 4.81. The van der Waals surface area contributed by atoms with Crippen molar-refractivity contribution in [1.82, 2.24) is 0 Å². The normalized spacial score (nSPS) is 24.3. The van der Waals surface area contributed by atoms with Crippen LogP contribution in [0.5, 0.6) is 0 Å². The molecule has 0 atom stereocenters. The van der Waals surface area contributed by atoms with Crippen LogP contribution in [0, 0.1) is 5.82 Å². The van der Waals surface area contributed by atoms with E-state index in [0.29, 0.717) is 10.5 Å². The first kappa shape index (κ1) is 11.9. The predicted molar refractivity (Wildman–Crippen MR) is 74.8 cm³/mol. The Labute approximate surface area is 120 Å². The molecule has 1 spiro atoms. The van der Waals surface area contributed by atoms with Gasteiger partial charge >= 0.3 is 0 Å². The molecule has 0 radical (unpaired) electrons. The molecule has 2 nitrogen and oxygen atoms in total. The molecule has 4 rings (SSSR count). The molecule has 1 aromatic rings. The van der Waals surface area contributed by atoms with Crippen LogP contribution >= 0.6 is 15.9 Å². The summed E-state index contributed by atoms with van der Waals surface area (Å²) in [4.78, 5) is 14.8. The summed E-state index contributed by atoms with van der Waals surface area (Å²) < 4.78 is 14.3. The Kier molecular flexibility index (Phi) is 2.39. The highest BCUT2D eigenvalue weighted by Crippen LogP contribution is 2.54. The van der Waals surface area contributed by atoms with E-state index < -0.39 is 0 Å². The standard InChI is InChI=1S/C15H15BrFNO/c16-11-7-10-13(8-12(11)17)18(9-3-4-9)14(19)15(10)5-1-2-6-15/h7-9H,1-6H2. The number of benzene rings is 1. The molecule has 0 bridgehead atoms. The summed E-state index contributed by atoms with van der Waals surface area (Å²) in [5.41, 5.74) is 1.53. The number of amides is 1. The maximum atomic E-state index is 13.8. The summed E-state index contributed by atoms with van der Waals surface area (Å²) in [7, 11) is 0. The zero-order valence-electron chi connectivity index (χ0n) is 10.6. The molecular formula is C15H15BrFNO. The summed E-state index contributed by atoms with van der Waals surface area (Å²) in [6.45, 7) is 0. The summed E-state index contributed by atoms with van der Waals surface area (Å²) in [5, 5.41) is 0. The van der Waals surface area contributed by atoms with Gasteiger partial charge in [-0.05, 0) is 59.3 Å². The van der Waals surface area contributed by atoms with E-state index in [2.05, 4.69) is 15.9 Å². The van der Waals surface area contributed by atoms with Crippen molar-refractivity contribution in [3.05, 3.63) is 28.0 Å². The molecule has 100 valence electrons. The molecule has 4 heteroatoms. The molecule has 2 aliphatic carbocycles. The van der Waals surface area contributed by atoms with E-state index in [0.717, 1.165) is 49.8 Å². The van der Waals surface area contributed by atoms with Gasteiger partial charge in [0.1, 0.15) is 5.82 Å². The molecular weight excluding hydrogens is 309 g/mol. The molecule has 3 aliphatic rings. The largest absolute Gasteiger partial charge is 0.308 e. The quantitative estimate of drug-likeness (QED) is 0.767. The van der Waals surface area contributed by atoms with Crippen molar-refractivity contribution < 1.29 is 9.18 Å². The van der Waals surface area contributed by atoms with Gasteiger partial charge in [0.05, 0.1) is 15.6 Å². The summed E-state index contributed by atoms with van der Waals surface area (Å²) >= 11 is 3.27. The minimum Gasteiger partial charge on any atom is -0.308 e. The number of rotatable bonds is 1. The number of nitrogens with zero attached hydrogens (tertiary/aromatic N) is 1. The van der Waals surface area contributed by atoms with E-state index in [-0.39, 0.29) is 17.1 Å². The lowest BCUT2D eigenvalue weighted by Gasteiger charge is -2.23. The highest BCUT2D eigenvalue weighted by molar-refractivity contribution is 9.10. The van der Waals surface area contributed by atoms with Gasteiger partial charge in [-0.15, -0.1) is 0 Å². The van der Waals surface area contributed by atoms with E-state index >= 15 is 0 Å². The van der Waals surface area contributed by atoms with Crippen LogP contribution < -0.4 is 4.90 Å². The number of halogens is 2. The summed E-state index contributed by atoms with van der Waals surface area (Å²) in [5.74, 6) is -0.0488. The van der Waals surface area contributed by atoms with Crippen molar-refractivity contribution in [3.63, 3.8) is 0 Å². The fourth-order valence-electron chi connectivity index (χ4n) is 3.73. The second kappa shape index (κ2) is 3.81. The number of hydrogen-bond donors (Lipinski definition) is 0. The number of hydrogen-bond acceptors (Lipinski definition) is 1. The highest BCUT2D eigenvalue weighted by Gasteiger charge is 2.55. The molecule has 0 unspecified atom stereocenters. The van der Waals surface area contributed by atoms with E-state index in [4.69, 9.17) is 0 Å². The first-order valence-electron chi connectivity index (χ1n) is 6.97. The van der Waals surface area contributed by atoms with Crippen molar-refractivity contribution in [2.24, 2.45) is 0 Å². The zero-order valence-corrected chi connectivity index (χ0v) is 12.2. The van der Waals surface area contributed by atoms with Crippen LogP contribution in [-0.4, -0.2) is 11.9 Å². The number of carbonyl (C=O) groups is 1. The average Bonchev–Trinajstić information content (AvgIpc) is 3.04. The Morgan fingerprint density at radius 2 is 1.95 bits per heavy atom. The van der Waals surface area contributed by atoms with Gasteiger partial charge in [0, 0.05) is 6.04 Å². The Balaban J connectivity index is 1.94. The second-order valence-corrected chi connectivity index (χ2v) is 6.83. The van der Waals surface area contributed by atoms with Crippen molar-refractivity contribution >= 4 is 27.5 Å². The Morgan fingerprint density at radius 3 is 2.58 bits per heavy atom. The van der Waals surface area contributed by atoms with Crippen molar-refractivity contribution in [3.8, 4) is 0 Å². The predicted octanol–water partition coefficient (Wildman–Crippen LogP) is 3.91. The van der Waals surface area contributed by atoms with Crippen molar-refractivity contribution in [2.75, 3.05) is 4.90 Å². The first-order chi connectivity index (χ1) is 9.13. The minimum atomic E-state index is -0.353. The minimum absolute atomic E-state index is 0.222. The first-order valence-corrected chi connectivity index (χ1v) is 7.76. The second-order valence-electron chi connectivity index (χ2n) is 5.98. The number of carbonyl (C=O) groups excluding carboxylic acids is 1. The lowest BCUT2D eigenvalue weighted by atomic mass is 9.80. The molecule has 2 saturated carbocycles. The van der Waals surface area contributed by atoms with Crippen molar-refractivity contribution in [1.29, 1.82) is 0 Å². The fraction of sp³-hybridized carbons (Fsp3) is 0.533. The summed E-state index contributed by atoms with van der Waals surface area (Å²) in [6, 6.07) is 3.70. The smallest absolute Gasteiger partial charge is 0.237 e. The molecule has 0 aromatic heterocycles. The van der Waals surface area contributed by atoms with Gasteiger partial charge in [0.15, 0.2) is 0 Å². The molecule has 1 heterocycles. The number of fused-ring (bicyclic) bond motifs is 2. The number of anilines is 1. The topological polar surface area (TPSA) is 20.3 Å². The third kappa shape index (κ3) is 1.49. The van der Waals surface area contributed by atoms with Crippen LogP contribution in [-0.2, 0) is 10.2 Å². The maximum absolute atomic E-state index is 13.8. The molecule has 19 heavy (non-hydrogen) atoms. The van der Waals surface area contributed by atoms with Crippen LogP contribution in [0.25, 0.3) is 0 Å². The van der Waals surface area contributed by atoms with Crippen LogP contribution in [0.4, 0.5) is 10.1 Å². The van der Waals surface area contributed by atoms with Crippen LogP contribution in [0.15, 0.2) is 16.6 Å². The van der Waals surface area contributed by atoms with Gasteiger partial charge in [-0.1, -0.05) is 12.8 Å². The monoisotopic (exact) mass is 323 g/mol. The lowest BCUT2D eigenvalue weighted by Crippen LogP contribution is -2.39. The van der Waals surface area contributed by atoms with E-state index in [1.165, 1.54) is 0 Å². The molecule has 0 N–H and O–H groups in total. The van der Waals surface area contributed by atoms with Gasteiger partial charge in [0.2, 0.25) is 5.91 Å². The van der Waals surface area contributed by atoms with Gasteiger partial charge < -0.3 is 4.90 Å². The Morgan fingerprint density at radius 1 is 1.26 bits per heavy atom. The van der Waals surface area contributed by atoms with E-state index in [9.17, 15) is 9.18 Å². The molecule has 2 fully saturated rings.